The Labute approximate surface area is 107 Å². The molecule has 0 aliphatic rings. The normalized spacial score (nSPS) is 12.9. The summed E-state index contributed by atoms with van der Waals surface area (Å²) in [6, 6.07) is 3.08. The Bertz CT molecular complexity index is 577. The van der Waals surface area contributed by atoms with Gasteiger partial charge in [0, 0.05) is 5.56 Å². The van der Waals surface area contributed by atoms with Gasteiger partial charge in [0.05, 0.1) is 22.2 Å². The third-order valence-corrected chi connectivity index (χ3v) is 2.99. The van der Waals surface area contributed by atoms with Crippen molar-refractivity contribution in [1.29, 1.82) is 0 Å². The zero-order valence-corrected chi connectivity index (χ0v) is 11.2. The number of alkyl halides is 1. The second-order valence-corrected chi connectivity index (χ2v) is 5.24. The van der Waals surface area contributed by atoms with Crippen LogP contribution >= 0.6 is 15.9 Å². The molecule has 0 aromatic carbocycles. The third kappa shape index (κ3) is 2.24. The van der Waals surface area contributed by atoms with Crippen LogP contribution in [0.15, 0.2) is 18.3 Å². The topological polar surface area (TPSA) is 34.4 Å². The Morgan fingerprint density at radius 3 is 2.88 bits per heavy atom. The first-order valence-corrected chi connectivity index (χ1v) is 6.30. The second-order valence-electron chi connectivity index (χ2n) is 3.87. The number of carbonyl (C=O) groups excluding carboxylic acids is 1. The number of rotatable bonds is 3. The molecule has 0 fully saturated rings. The minimum absolute atomic E-state index is 0.142. The lowest BCUT2D eigenvalue weighted by atomic mass is 10.1. The smallest absolute Gasteiger partial charge is 0.178 e. The van der Waals surface area contributed by atoms with Gasteiger partial charge in [-0.15, -0.1) is 0 Å². The summed E-state index contributed by atoms with van der Waals surface area (Å²) in [7, 11) is 0. The first-order chi connectivity index (χ1) is 8.02. The van der Waals surface area contributed by atoms with E-state index in [2.05, 4.69) is 21.0 Å². The van der Waals surface area contributed by atoms with Crippen LogP contribution in [0.3, 0.4) is 0 Å². The SMILES string of the molecule is CCc1cc2c(C(=O)C(C)Br)cc(F)cn2n1. The molecule has 0 spiro atoms. The maximum Gasteiger partial charge on any atom is 0.178 e. The summed E-state index contributed by atoms with van der Waals surface area (Å²) in [6.07, 6.45) is 2.03. The Morgan fingerprint density at radius 2 is 2.29 bits per heavy atom. The fourth-order valence-corrected chi connectivity index (χ4v) is 1.94. The van der Waals surface area contributed by atoms with E-state index in [0.717, 1.165) is 12.1 Å². The summed E-state index contributed by atoms with van der Waals surface area (Å²) in [5.74, 6) is -0.600. The summed E-state index contributed by atoms with van der Waals surface area (Å²) in [5.41, 5.74) is 1.85. The summed E-state index contributed by atoms with van der Waals surface area (Å²) < 4.78 is 14.8. The monoisotopic (exact) mass is 298 g/mol. The van der Waals surface area contributed by atoms with Crippen LogP contribution in [-0.4, -0.2) is 20.2 Å². The molecule has 0 aliphatic carbocycles. The summed E-state index contributed by atoms with van der Waals surface area (Å²) in [4.78, 5) is 11.6. The second kappa shape index (κ2) is 4.56. The van der Waals surface area contributed by atoms with Gasteiger partial charge in [-0.2, -0.15) is 5.10 Å². The minimum atomic E-state index is -0.459. The standard InChI is InChI=1S/C12H12BrFN2O/c1-3-9-5-11-10(12(17)7(2)13)4-8(14)6-16(11)15-9/h4-7H,3H2,1-2H3. The Morgan fingerprint density at radius 1 is 1.59 bits per heavy atom. The van der Waals surface area contributed by atoms with Gasteiger partial charge in [-0.05, 0) is 25.5 Å². The van der Waals surface area contributed by atoms with E-state index in [1.807, 2.05) is 13.0 Å². The van der Waals surface area contributed by atoms with E-state index in [0.29, 0.717) is 11.1 Å². The van der Waals surface area contributed by atoms with Crippen molar-refractivity contribution >= 4 is 27.2 Å². The van der Waals surface area contributed by atoms with Crippen molar-refractivity contribution in [2.45, 2.75) is 25.1 Å². The van der Waals surface area contributed by atoms with Crippen molar-refractivity contribution in [3.05, 3.63) is 35.4 Å². The number of Topliss-reactive ketones (excluding diaryl/α,β-unsaturated/α-hetero) is 1. The van der Waals surface area contributed by atoms with Gasteiger partial charge in [0.2, 0.25) is 0 Å². The molecule has 17 heavy (non-hydrogen) atoms. The van der Waals surface area contributed by atoms with Gasteiger partial charge in [-0.3, -0.25) is 4.79 Å². The van der Waals surface area contributed by atoms with Crippen LogP contribution in [0.5, 0.6) is 0 Å². The maximum absolute atomic E-state index is 13.4. The van der Waals surface area contributed by atoms with Crippen molar-refractivity contribution in [2.75, 3.05) is 0 Å². The molecule has 0 saturated heterocycles. The molecular weight excluding hydrogens is 287 g/mol. The number of hydrogen-bond donors (Lipinski definition) is 0. The molecule has 2 heterocycles. The molecule has 0 saturated carbocycles. The van der Waals surface area contributed by atoms with Crippen LogP contribution in [0.2, 0.25) is 0 Å². The van der Waals surface area contributed by atoms with Crippen LogP contribution in [0, 0.1) is 5.82 Å². The van der Waals surface area contributed by atoms with Crippen LogP contribution in [0.25, 0.3) is 5.52 Å². The van der Waals surface area contributed by atoms with Gasteiger partial charge in [-0.1, -0.05) is 22.9 Å². The Balaban J connectivity index is 2.68. The number of halogens is 2. The molecule has 3 nitrogen and oxygen atoms in total. The molecule has 1 unspecified atom stereocenters. The van der Waals surface area contributed by atoms with Gasteiger partial charge in [0.25, 0.3) is 0 Å². The number of pyridine rings is 1. The molecule has 2 aromatic rings. The summed E-state index contributed by atoms with van der Waals surface area (Å²) in [6.45, 7) is 3.69. The molecule has 2 aromatic heterocycles. The number of fused-ring (bicyclic) bond motifs is 1. The molecule has 0 bridgehead atoms. The molecule has 1 atom stereocenters. The minimum Gasteiger partial charge on any atom is -0.293 e. The van der Waals surface area contributed by atoms with E-state index in [1.54, 1.807) is 6.92 Å². The van der Waals surface area contributed by atoms with Crippen molar-refractivity contribution in [3.63, 3.8) is 0 Å². The predicted molar refractivity (Wildman–Crippen MR) is 67.2 cm³/mol. The van der Waals surface area contributed by atoms with Crippen molar-refractivity contribution in [1.82, 2.24) is 9.61 Å². The van der Waals surface area contributed by atoms with Gasteiger partial charge in [0.15, 0.2) is 5.78 Å². The zero-order chi connectivity index (χ0) is 12.6. The molecule has 0 radical (unpaired) electrons. The molecule has 90 valence electrons. The van der Waals surface area contributed by atoms with Gasteiger partial charge in [0.1, 0.15) is 5.82 Å². The number of hydrogen-bond acceptors (Lipinski definition) is 2. The van der Waals surface area contributed by atoms with Crippen molar-refractivity contribution < 1.29 is 9.18 Å². The lowest BCUT2D eigenvalue weighted by molar-refractivity contribution is 0.0996. The molecule has 2 rings (SSSR count). The van der Waals surface area contributed by atoms with E-state index in [4.69, 9.17) is 0 Å². The van der Waals surface area contributed by atoms with Crippen molar-refractivity contribution in [3.8, 4) is 0 Å². The molecule has 5 heteroatoms. The van der Waals surface area contributed by atoms with E-state index in [1.165, 1.54) is 16.8 Å². The fraction of sp³-hybridized carbons (Fsp3) is 0.333. The van der Waals surface area contributed by atoms with E-state index < -0.39 is 5.82 Å². The third-order valence-electron chi connectivity index (χ3n) is 2.58. The van der Waals surface area contributed by atoms with Gasteiger partial charge >= 0.3 is 0 Å². The average molecular weight is 299 g/mol. The molecule has 0 N–H and O–H groups in total. The van der Waals surface area contributed by atoms with Crippen LogP contribution in [-0.2, 0) is 6.42 Å². The van der Waals surface area contributed by atoms with Crippen LogP contribution in [0.1, 0.15) is 29.9 Å². The predicted octanol–water partition coefficient (Wildman–Crippen LogP) is 3.00. The molecular formula is C12H12BrFN2O. The lowest BCUT2D eigenvalue weighted by Crippen LogP contribution is -2.12. The van der Waals surface area contributed by atoms with Gasteiger partial charge in [-0.25, -0.2) is 8.91 Å². The highest BCUT2D eigenvalue weighted by Crippen LogP contribution is 2.19. The summed E-state index contributed by atoms with van der Waals surface area (Å²) in [5, 5.41) is 4.20. The number of aryl methyl sites for hydroxylation is 1. The van der Waals surface area contributed by atoms with E-state index in [9.17, 15) is 9.18 Å². The quantitative estimate of drug-likeness (QED) is 0.645. The first kappa shape index (κ1) is 12.2. The lowest BCUT2D eigenvalue weighted by Gasteiger charge is -2.05. The molecule has 0 aliphatic heterocycles. The van der Waals surface area contributed by atoms with Gasteiger partial charge < -0.3 is 0 Å². The van der Waals surface area contributed by atoms with E-state index >= 15 is 0 Å². The Kier molecular flexibility index (Phi) is 3.28. The highest BCUT2D eigenvalue weighted by Gasteiger charge is 2.18. The number of nitrogens with zero attached hydrogens (tertiary/aromatic N) is 2. The largest absolute Gasteiger partial charge is 0.293 e. The highest BCUT2D eigenvalue weighted by molar-refractivity contribution is 9.10. The number of aromatic nitrogens is 2. The maximum atomic E-state index is 13.4. The Hall–Kier alpha value is -1.23. The number of carbonyl (C=O) groups is 1. The van der Waals surface area contributed by atoms with E-state index in [-0.39, 0.29) is 10.6 Å². The van der Waals surface area contributed by atoms with Crippen molar-refractivity contribution in [2.24, 2.45) is 0 Å². The first-order valence-electron chi connectivity index (χ1n) is 5.39. The fourth-order valence-electron chi connectivity index (χ4n) is 1.69. The van der Waals surface area contributed by atoms with Crippen LogP contribution in [0.4, 0.5) is 4.39 Å². The molecule has 0 amide bonds. The average Bonchev–Trinajstić information content (AvgIpc) is 2.69. The zero-order valence-electron chi connectivity index (χ0n) is 9.58. The number of ketones is 1. The van der Waals surface area contributed by atoms with Crippen LogP contribution < -0.4 is 0 Å². The summed E-state index contributed by atoms with van der Waals surface area (Å²) >= 11 is 3.21. The highest BCUT2D eigenvalue weighted by atomic mass is 79.9.